The predicted octanol–water partition coefficient (Wildman–Crippen LogP) is -0.241. The fourth-order valence-corrected chi connectivity index (χ4v) is 3.02. The van der Waals surface area contributed by atoms with Crippen molar-refractivity contribution in [2.75, 3.05) is 13.8 Å². The Morgan fingerprint density at radius 2 is 2.10 bits per heavy atom. The van der Waals surface area contributed by atoms with E-state index < -0.39 is 10.0 Å². The van der Waals surface area contributed by atoms with Crippen LogP contribution in [0.5, 0.6) is 11.5 Å². The van der Waals surface area contributed by atoms with Crippen molar-refractivity contribution in [1.82, 2.24) is 24.5 Å². The molecule has 112 valence electrons. The maximum Gasteiger partial charge on any atom is 0.243 e. The molecule has 1 aromatic heterocycles. The van der Waals surface area contributed by atoms with Crippen molar-refractivity contribution in [2.45, 2.75) is 11.4 Å². The van der Waals surface area contributed by atoms with E-state index in [0.29, 0.717) is 17.3 Å². The summed E-state index contributed by atoms with van der Waals surface area (Å²) in [5, 5.41) is 10.9. The lowest BCUT2D eigenvalue weighted by atomic mass is 10.3. The van der Waals surface area contributed by atoms with E-state index in [-0.39, 0.29) is 18.2 Å². The first-order valence-electron chi connectivity index (χ1n) is 6.06. The molecule has 0 aliphatic carbocycles. The van der Waals surface area contributed by atoms with Gasteiger partial charge in [0.05, 0.1) is 11.4 Å². The van der Waals surface area contributed by atoms with Gasteiger partial charge in [-0.2, -0.15) is 4.31 Å². The fourth-order valence-electron chi connectivity index (χ4n) is 1.88. The minimum atomic E-state index is -3.66. The Balaban J connectivity index is 1.87. The molecule has 0 N–H and O–H groups in total. The highest BCUT2D eigenvalue weighted by Gasteiger charge is 2.25. The summed E-state index contributed by atoms with van der Waals surface area (Å²) in [5.74, 6) is 1.40. The number of nitrogens with zero attached hydrogens (tertiary/aromatic N) is 5. The number of fused-ring (bicyclic) bond motifs is 1. The number of tetrazole rings is 1. The van der Waals surface area contributed by atoms with Crippen LogP contribution in [0.4, 0.5) is 0 Å². The average molecular weight is 311 g/mol. The molecule has 0 saturated carbocycles. The second-order valence-electron chi connectivity index (χ2n) is 4.49. The Labute approximate surface area is 121 Å². The fraction of sp³-hybridized carbons (Fsp3) is 0.364. The third-order valence-corrected chi connectivity index (χ3v) is 4.92. The highest BCUT2D eigenvalue weighted by Crippen LogP contribution is 2.34. The molecule has 3 rings (SSSR count). The first kappa shape index (κ1) is 13.8. The van der Waals surface area contributed by atoms with Crippen LogP contribution in [-0.2, 0) is 23.6 Å². The largest absolute Gasteiger partial charge is 0.454 e. The lowest BCUT2D eigenvalue weighted by Gasteiger charge is -2.16. The molecule has 0 fully saturated rings. The van der Waals surface area contributed by atoms with Crippen molar-refractivity contribution in [3.63, 3.8) is 0 Å². The van der Waals surface area contributed by atoms with Crippen LogP contribution in [0, 0.1) is 0 Å². The summed E-state index contributed by atoms with van der Waals surface area (Å²) in [5.41, 5.74) is 0. The van der Waals surface area contributed by atoms with E-state index in [2.05, 4.69) is 15.5 Å². The highest BCUT2D eigenvalue weighted by molar-refractivity contribution is 7.89. The molecule has 0 radical (unpaired) electrons. The number of hydrogen-bond donors (Lipinski definition) is 0. The highest BCUT2D eigenvalue weighted by atomic mass is 32.2. The molecule has 0 bridgehead atoms. The maximum atomic E-state index is 12.5. The van der Waals surface area contributed by atoms with Gasteiger partial charge in [0.2, 0.25) is 16.8 Å². The van der Waals surface area contributed by atoms with Gasteiger partial charge in [0.15, 0.2) is 17.3 Å². The van der Waals surface area contributed by atoms with Crippen LogP contribution in [0.2, 0.25) is 0 Å². The maximum absolute atomic E-state index is 12.5. The predicted molar refractivity (Wildman–Crippen MR) is 70.0 cm³/mol. The second-order valence-corrected chi connectivity index (χ2v) is 6.54. The molecule has 0 spiro atoms. The molecule has 2 heterocycles. The van der Waals surface area contributed by atoms with E-state index >= 15 is 0 Å². The molecule has 2 aromatic rings. The lowest BCUT2D eigenvalue weighted by Crippen LogP contribution is -2.27. The third-order valence-electron chi connectivity index (χ3n) is 3.12. The lowest BCUT2D eigenvalue weighted by molar-refractivity contribution is 0.174. The Morgan fingerprint density at radius 1 is 1.33 bits per heavy atom. The minimum absolute atomic E-state index is 0.0697. The molecular weight excluding hydrogens is 298 g/mol. The minimum Gasteiger partial charge on any atom is -0.454 e. The van der Waals surface area contributed by atoms with E-state index in [1.54, 1.807) is 13.1 Å². The van der Waals surface area contributed by atoms with E-state index in [0.717, 1.165) is 0 Å². The summed E-state index contributed by atoms with van der Waals surface area (Å²) < 4.78 is 38.0. The Bertz CT molecular complexity index is 773. The number of benzene rings is 1. The van der Waals surface area contributed by atoms with Crippen LogP contribution in [0.25, 0.3) is 0 Å². The van der Waals surface area contributed by atoms with Crippen molar-refractivity contribution in [2.24, 2.45) is 7.05 Å². The molecular formula is C11H13N5O4S. The van der Waals surface area contributed by atoms with Crippen molar-refractivity contribution in [1.29, 1.82) is 0 Å². The molecule has 1 aromatic carbocycles. The van der Waals surface area contributed by atoms with E-state index in [1.807, 2.05) is 0 Å². The molecule has 9 nitrogen and oxygen atoms in total. The van der Waals surface area contributed by atoms with Crippen LogP contribution >= 0.6 is 0 Å². The normalized spacial score (nSPS) is 13.9. The van der Waals surface area contributed by atoms with E-state index in [1.165, 1.54) is 28.2 Å². The van der Waals surface area contributed by atoms with Gasteiger partial charge in [-0.3, -0.25) is 0 Å². The van der Waals surface area contributed by atoms with Gasteiger partial charge in [0, 0.05) is 20.2 Å². The first-order valence-corrected chi connectivity index (χ1v) is 7.50. The number of aryl methyl sites for hydroxylation is 1. The summed E-state index contributed by atoms with van der Waals surface area (Å²) in [6.45, 7) is 0.166. The Kier molecular flexibility index (Phi) is 3.26. The van der Waals surface area contributed by atoms with Gasteiger partial charge in [-0.05, 0) is 22.6 Å². The second kappa shape index (κ2) is 4.97. The van der Waals surface area contributed by atoms with Gasteiger partial charge in [0.1, 0.15) is 0 Å². The molecule has 21 heavy (non-hydrogen) atoms. The van der Waals surface area contributed by atoms with Gasteiger partial charge in [-0.25, -0.2) is 13.1 Å². The van der Waals surface area contributed by atoms with Crippen LogP contribution < -0.4 is 9.47 Å². The summed E-state index contributed by atoms with van der Waals surface area (Å²) in [4.78, 5) is 0.129. The third kappa shape index (κ3) is 2.43. The summed E-state index contributed by atoms with van der Waals surface area (Å²) >= 11 is 0. The van der Waals surface area contributed by atoms with Crippen molar-refractivity contribution in [3.05, 3.63) is 24.0 Å². The Morgan fingerprint density at radius 3 is 2.81 bits per heavy atom. The van der Waals surface area contributed by atoms with Crippen molar-refractivity contribution in [3.8, 4) is 11.5 Å². The van der Waals surface area contributed by atoms with E-state index in [9.17, 15) is 8.42 Å². The zero-order chi connectivity index (χ0) is 15.0. The van der Waals surface area contributed by atoms with Crippen molar-refractivity contribution < 1.29 is 17.9 Å². The summed E-state index contributed by atoms with van der Waals surface area (Å²) in [6, 6.07) is 4.50. The standard InChI is InChI=1S/C11H13N5O4S/c1-15(6-11-12-13-14-16(11)2)21(17,18)8-3-4-9-10(5-8)20-7-19-9/h3-5H,6-7H2,1-2H3. The molecule has 0 saturated heterocycles. The molecule has 1 aliphatic rings. The van der Waals surface area contributed by atoms with E-state index in [4.69, 9.17) is 9.47 Å². The molecule has 10 heteroatoms. The molecule has 0 amide bonds. The molecule has 0 unspecified atom stereocenters. The first-order chi connectivity index (χ1) is 9.98. The number of ether oxygens (including phenoxy) is 2. The number of aromatic nitrogens is 4. The zero-order valence-electron chi connectivity index (χ0n) is 11.4. The topological polar surface area (TPSA) is 99.4 Å². The SMILES string of the molecule is CN(Cc1nnnn1C)S(=O)(=O)c1ccc2c(c1)OCO2. The molecule has 1 aliphatic heterocycles. The smallest absolute Gasteiger partial charge is 0.243 e. The van der Waals surface area contributed by atoms with Gasteiger partial charge in [-0.15, -0.1) is 5.10 Å². The number of sulfonamides is 1. The van der Waals surface area contributed by atoms with Crippen LogP contribution in [0.1, 0.15) is 5.82 Å². The number of rotatable bonds is 4. The summed E-state index contributed by atoms with van der Waals surface area (Å²) in [6.07, 6.45) is 0. The van der Waals surface area contributed by atoms with Gasteiger partial charge in [-0.1, -0.05) is 0 Å². The molecule has 0 atom stereocenters. The quantitative estimate of drug-likeness (QED) is 0.768. The van der Waals surface area contributed by atoms with Gasteiger partial charge >= 0.3 is 0 Å². The average Bonchev–Trinajstić information content (AvgIpc) is 3.07. The van der Waals surface area contributed by atoms with Crippen molar-refractivity contribution >= 4 is 10.0 Å². The number of hydrogen-bond acceptors (Lipinski definition) is 7. The Hall–Kier alpha value is -2.20. The van der Waals surface area contributed by atoms with Crippen LogP contribution in [0.15, 0.2) is 23.1 Å². The van der Waals surface area contributed by atoms with Gasteiger partial charge < -0.3 is 9.47 Å². The van der Waals surface area contributed by atoms with Gasteiger partial charge in [0.25, 0.3) is 0 Å². The van der Waals surface area contributed by atoms with Crippen LogP contribution in [-0.4, -0.2) is 46.8 Å². The zero-order valence-corrected chi connectivity index (χ0v) is 12.2. The summed E-state index contributed by atoms with van der Waals surface area (Å²) in [7, 11) is -0.548. The van der Waals surface area contributed by atoms with Crippen LogP contribution in [0.3, 0.4) is 0 Å². The monoisotopic (exact) mass is 311 g/mol.